The lowest BCUT2D eigenvalue weighted by Crippen LogP contribution is -2.27. The number of ether oxygens (including phenoxy) is 2. The van der Waals surface area contributed by atoms with Crippen LogP contribution in [0.5, 0.6) is 11.5 Å². The minimum atomic E-state index is -0.357. The molecule has 1 heterocycles. The van der Waals surface area contributed by atoms with Crippen LogP contribution in [-0.4, -0.2) is 18.3 Å². The second-order valence-corrected chi connectivity index (χ2v) is 8.84. The maximum Gasteiger partial charge on any atom is 0.298 e. The Balaban J connectivity index is 1.65. The van der Waals surface area contributed by atoms with Gasteiger partial charge in [0.1, 0.15) is 6.61 Å². The lowest BCUT2D eigenvalue weighted by atomic mass is 10.0. The van der Waals surface area contributed by atoms with E-state index in [-0.39, 0.29) is 17.8 Å². The predicted octanol–water partition coefficient (Wildman–Crippen LogP) is 6.90. The molecular formula is C27H22ClNO4S. The van der Waals surface area contributed by atoms with Gasteiger partial charge in [-0.05, 0) is 60.2 Å². The fourth-order valence-corrected chi connectivity index (χ4v) is 4.61. The van der Waals surface area contributed by atoms with Gasteiger partial charge in [-0.25, -0.2) is 4.90 Å². The van der Waals surface area contributed by atoms with Crippen molar-refractivity contribution in [3.63, 3.8) is 0 Å². The van der Waals surface area contributed by atoms with Gasteiger partial charge < -0.3 is 9.47 Å². The molecule has 1 aliphatic heterocycles. The molecular weight excluding hydrogens is 470 g/mol. The van der Waals surface area contributed by atoms with Crippen LogP contribution in [-0.2, 0) is 17.8 Å². The summed E-state index contributed by atoms with van der Waals surface area (Å²) in [6.45, 7) is 4.11. The van der Waals surface area contributed by atoms with Crippen LogP contribution < -0.4 is 14.4 Å². The number of amides is 2. The quantitative estimate of drug-likeness (QED) is 0.253. The van der Waals surface area contributed by atoms with Crippen molar-refractivity contribution in [3.8, 4) is 11.5 Å². The zero-order chi connectivity index (χ0) is 24.1. The van der Waals surface area contributed by atoms with E-state index in [2.05, 4.69) is 6.58 Å². The third-order valence-electron chi connectivity index (χ3n) is 5.17. The Morgan fingerprint density at radius 1 is 1.03 bits per heavy atom. The Morgan fingerprint density at radius 3 is 2.47 bits per heavy atom. The average Bonchev–Trinajstić information content (AvgIpc) is 3.12. The molecule has 2 amide bonds. The molecule has 0 bridgehead atoms. The smallest absolute Gasteiger partial charge is 0.298 e. The Bertz CT molecular complexity index is 1270. The maximum absolute atomic E-state index is 13.0. The van der Waals surface area contributed by atoms with Crippen molar-refractivity contribution in [3.05, 3.63) is 106 Å². The number of rotatable bonds is 8. The second kappa shape index (κ2) is 10.6. The summed E-state index contributed by atoms with van der Waals surface area (Å²) in [4.78, 5) is 27.0. The van der Waals surface area contributed by atoms with E-state index in [1.165, 1.54) is 4.90 Å². The zero-order valence-electron chi connectivity index (χ0n) is 18.5. The summed E-state index contributed by atoms with van der Waals surface area (Å²) in [5.41, 5.74) is 2.96. The number of imide groups is 1. The Hall–Kier alpha value is -3.48. The molecule has 4 rings (SSSR count). The molecule has 0 atom stereocenters. The summed E-state index contributed by atoms with van der Waals surface area (Å²) in [7, 11) is 1.56. The number of carbonyl (C=O) groups is 2. The number of hydrogen-bond acceptors (Lipinski definition) is 5. The number of hydrogen-bond donors (Lipinski definition) is 0. The van der Waals surface area contributed by atoms with Crippen LogP contribution in [0.3, 0.4) is 0 Å². The summed E-state index contributed by atoms with van der Waals surface area (Å²) >= 11 is 7.18. The zero-order valence-corrected chi connectivity index (χ0v) is 20.1. The fourth-order valence-electron chi connectivity index (χ4n) is 3.57. The fraction of sp³-hybridized carbons (Fsp3) is 0.111. The molecule has 0 radical (unpaired) electrons. The van der Waals surface area contributed by atoms with Crippen LogP contribution in [0.4, 0.5) is 10.5 Å². The highest BCUT2D eigenvalue weighted by atomic mass is 35.5. The van der Waals surface area contributed by atoms with Gasteiger partial charge in [0.2, 0.25) is 0 Å². The van der Waals surface area contributed by atoms with Gasteiger partial charge in [0.25, 0.3) is 11.1 Å². The van der Waals surface area contributed by atoms with Gasteiger partial charge in [0.05, 0.1) is 17.7 Å². The van der Waals surface area contributed by atoms with Gasteiger partial charge in [0.15, 0.2) is 11.5 Å². The summed E-state index contributed by atoms with van der Waals surface area (Å²) in [5, 5.41) is 0.290. The van der Waals surface area contributed by atoms with E-state index in [1.54, 1.807) is 49.6 Å². The summed E-state index contributed by atoms with van der Waals surface area (Å²) in [6, 6.07) is 20.0. The van der Waals surface area contributed by atoms with E-state index in [0.29, 0.717) is 33.5 Å². The van der Waals surface area contributed by atoms with Crippen LogP contribution in [0.2, 0.25) is 5.02 Å². The monoisotopic (exact) mass is 491 g/mol. The lowest BCUT2D eigenvalue weighted by Gasteiger charge is -2.16. The van der Waals surface area contributed by atoms with E-state index in [4.69, 9.17) is 21.1 Å². The minimum Gasteiger partial charge on any atom is -0.493 e. The topological polar surface area (TPSA) is 55.8 Å². The van der Waals surface area contributed by atoms with E-state index in [9.17, 15) is 9.59 Å². The molecule has 0 N–H and O–H groups in total. The number of methoxy groups -OCH3 is 1. The first-order valence-electron chi connectivity index (χ1n) is 10.5. The Kier molecular flexibility index (Phi) is 7.40. The molecule has 1 aliphatic rings. The molecule has 7 heteroatoms. The van der Waals surface area contributed by atoms with Crippen molar-refractivity contribution in [2.24, 2.45) is 0 Å². The lowest BCUT2D eigenvalue weighted by molar-refractivity contribution is -0.113. The van der Waals surface area contributed by atoms with Gasteiger partial charge in [0, 0.05) is 16.1 Å². The normalized spacial score (nSPS) is 14.5. The van der Waals surface area contributed by atoms with Gasteiger partial charge >= 0.3 is 0 Å². The standard InChI is InChI=1S/C27H22ClNO4S/c1-3-9-19-14-18(15-23(32-2)25(19)33-17-20-10-7-8-13-22(20)28)16-24-26(30)29(27(31)34-24)21-11-5-4-6-12-21/h3-8,10-16H,1,9,17H2,2H3/b24-16-. The van der Waals surface area contributed by atoms with Gasteiger partial charge in [-0.2, -0.15) is 0 Å². The average molecular weight is 492 g/mol. The van der Waals surface area contributed by atoms with Crippen molar-refractivity contribution in [1.29, 1.82) is 0 Å². The highest BCUT2D eigenvalue weighted by molar-refractivity contribution is 8.19. The Labute approximate surface area is 207 Å². The predicted molar refractivity (Wildman–Crippen MR) is 138 cm³/mol. The molecule has 3 aromatic carbocycles. The Morgan fingerprint density at radius 2 is 1.76 bits per heavy atom. The number of thioether (sulfide) groups is 1. The van der Waals surface area contributed by atoms with Gasteiger partial charge in [-0.15, -0.1) is 6.58 Å². The van der Waals surface area contributed by atoms with E-state index in [0.717, 1.165) is 28.5 Å². The molecule has 0 saturated carbocycles. The molecule has 1 fully saturated rings. The van der Waals surface area contributed by atoms with Gasteiger partial charge in [-0.3, -0.25) is 9.59 Å². The van der Waals surface area contributed by atoms with Crippen molar-refractivity contribution >= 4 is 46.3 Å². The highest BCUT2D eigenvalue weighted by Gasteiger charge is 2.36. The summed E-state index contributed by atoms with van der Waals surface area (Å²) in [5.74, 6) is 0.737. The molecule has 0 aliphatic carbocycles. The largest absolute Gasteiger partial charge is 0.493 e. The molecule has 1 saturated heterocycles. The van der Waals surface area contributed by atoms with Crippen LogP contribution in [0.25, 0.3) is 6.08 Å². The number of benzene rings is 3. The number of halogens is 1. The first-order chi connectivity index (χ1) is 16.5. The number of nitrogens with zero attached hydrogens (tertiary/aromatic N) is 1. The molecule has 0 spiro atoms. The van der Waals surface area contributed by atoms with Crippen LogP contribution in [0.15, 0.2) is 84.3 Å². The van der Waals surface area contributed by atoms with Crippen LogP contribution in [0.1, 0.15) is 16.7 Å². The molecule has 0 aromatic heterocycles. The maximum atomic E-state index is 13.0. The molecule has 3 aromatic rings. The van der Waals surface area contributed by atoms with Gasteiger partial charge in [-0.1, -0.05) is 54.1 Å². The number of para-hydroxylation sites is 1. The van der Waals surface area contributed by atoms with Crippen molar-refractivity contribution in [1.82, 2.24) is 0 Å². The van der Waals surface area contributed by atoms with Crippen LogP contribution in [0, 0.1) is 0 Å². The summed E-state index contributed by atoms with van der Waals surface area (Å²) in [6.07, 6.45) is 3.99. The number of anilines is 1. The van der Waals surface area contributed by atoms with E-state index in [1.807, 2.05) is 36.4 Å². The highest BCUT2D eigenvalue weighted by Crippen LogP contribution is 2.39. The number of allylic oxidation sites excluding steroid dienone is 1. The molecule has 172 valence electrons. The first-order valence-corrected chi connectivity index (χ1v) is 11.7. The first kappa shape index (κ1) is 23.7. The molecule has 0 unspecified atom stereocenters. The molecule has 5 nitrogen and oxygen atoms in total. The SMILES string of the molecule is C=CCc1cc(/C=C2\SC(=O)N(c3ccccc3)C2=O)cc(OC)c1OCc1ccccc1Cl. The van der Waals surface area contributed by atoms with Crippen molar-refractivity contribution < 1.29 is 19.1 Å². The summed E-state index contributed by atoms with van der Waals surface area (Å²) < 4.78 is 11.7. The molecule has 34 heavy (non-hydrogen) atoms. The second-order valence-electron chi connectivity index (χ2n) is 7.44. The van der Waals surface area contributed by atoms with Crippen molar-refractivity contribution in [2.75, 3.05) is 12.0 Å². The third-order valence-corrected chi connectivity index (χ3v) is 6.41. The van der Waals surface area contributed by atoms with E-state index < -0.39 is 0 Å². The van der Waals surface area contributed by atoms with Crippen molar-refractivity contribution in [2.45, 2.75) is 13.0 Å². The van der Waals surface area contributed by atoms with Crippen LogP contribution >= 0.6 is 23.4 Å². The minimum absolute atomic E-state index is 0.273. The number of carbonyl (C=O) groups excluding carboxylic acids is 2. The van der Waals surface area contributed by atoms with E-state index >= 15 is 0 Å². The third kappa shape index (κ3) is 5.03.